The summed E-state index contributed by atoms with van der Waals surface area (Å²) in [5, 5.41) is 5.39. The van der Waals surface area contributed by atoms with Crippen LogP contribution in [0, 0.1) is 6.92 Å². The van der Waals surface area contributed by atoms with Crippen molar-refractivity contribution in [1.82, 2.24) is 5.32 Å². The molecule has 1 heterocycles. The molecule has 26 heavy (non-hydrogen) atoms. The first-order valence-corrected chi connectivity index (χ1v) is 9.07. The van der Waals surface area contributed by atoms with Gasteiger partial charge in [0.25, 0.3) is 11.8 Å². The predicted octanol–water partition coefficient (Wildman–Crippen LogP) is 3.50. The van der Waals surface area contributed by atoms with Gasteiger partial charge in [-0.1, -0.05) is 54.3 Å². The number of benzene rings is 2. The molecular formula is C19H16N2O3S2. The third-order valence-electron chi connectivity index (χ3n) is 3.61. The molecule has 0 spiro atoms. The molecule has 0 aromatic heterocycles. The number of ether oxygens (including phenoxy) is 1. The van der Waals surface area contributed by atoms with E-state index in [0.717, 1.165) is 16.8 Å². The summed E-state index contributed by atoms with van der Waals surface area (Å²) in [5.41, 5.74) is 2.61. The number of nitrogens with one attached hydrogen (secondary N) is 2. The Hall–Kier alpha value is -2.64. The number of aryl methyl sites for hydroxylation is 1. The highest BCUT2D eigenvalue weighted by Crippen LogP contribution is 2.26. The number of carbonyl (C=O) groups excluding carboxylic acids is 2. The molecule has 0 atom stereocenters. The maximum atomic E-state index is 12.0. The molecule has 0 saturated carbocycles. The monoisotopic (exact) mass is 384 g/mol. The number of thioether (sulfide) groups is 1. The Labute approximate surface area is 160 Å². The maximum Gasteiger partial charge on any atom is 0.263 e. The molecule has 132 valence electrons. The summed E-state index contributed by atoms with van der Waals surface area (Å²) in [7, 11) is 0. The van der Waals surface area contributed by atoms with Crippen LogP contribution in [0.25, 0.3) is 6.08 Å². The lowest BCUT2D eigenvalue weighted by atomic mass is 10.2. The Morgan fingerprint density at radius 2 is 1.96 bits per heavy atom. The van der Waals surface area contributed by atoms with Gasteiger partial charge in [0.2, 0.25) is 0 Å². The van der Waals surface area contributed by atoms with Crippen molar-refractivity contribution in [2.75, 3.05) is 11.9 Å². The van der Waals surface area contributed by atoms with Crippen LogP contribution in [0.2, 0.25) is 0 Å². The summed E-state index contributed by atoms with van der Waals surface area (Å²) in [4.78, 5) is 24.2. The Morgan fingerprint density at radius 1 is 1.23 bits per heavy atom. The molecule has 1 fully saturated rings. The molecule has 2 aromatic rings. The van der Waals surface area contributed by atoms with Gasteiger partial charge in [0.1, 0.15) is 10.1 Å². The van der Waals surface area contributed by atoms with E-state index >= 15 is 0 Å². The first-order valence-electron chi connectivity index (χ1n) is 7.84. The summed E-state index contributed by atoms with van der Waals surface area (Å²) < 4.78 is 5.96. The highest BCUT2D eigenvalue weighted by atomic mass is 32.2. The zero-order valence-corrected chi connectivity index (χ0v) is 15.6. The number of amides is 2. The van der Waals surface area contributed by atoms with Gasteiger partial charge in [0.15, 0.2) is 6.61 Å². The number of rotatable bonds is 5. The number of carbonyl (C=O) groups is 2. The lowest BCUT2D eigenvalue weighted by Crippen LogP contribution is -2.20. The minimum atomic E-state index is -0.224. The van der Waals surface area contributed by atoms with Crippen molar-refractivity contribution in [3.63, 3.8) is 0 Å². The highest BCUT2D eigenvalue weighted by molar-refractivity contribution is 8.26. The van der Waals surface area contributed by atoms with E-state index in [1.807, 2.05) is 43.3 Å². The first kappa shape index (κ1) is 18.2. The van der Waals surface area contributed by atoms with Crippen LogP contribution >= 0.6 is 24.0 Å². The van der Waals surface area contributed by atoms with E-state index in [-0.39, 0.29) is 18.4 Å². The zero-order valence-electron chi connectivity index (χ0n) is 13.9. The Morgan fingerprint density at radius 3 is 2.62 bits per heavy atom. The van der Waals surface area contributed by atoms with E-state index in [4.69, 9.17) is 17.0 Å². The SMILES string of the molecule is Cc1ccccc1NC(=O)COc1ccc(/C=C2/SC(=S)NC2=O)cc1. The second kappa shape index (κ2) is 8.16. The number of hydrogen-bond donors (Lipinski definition) is 2. The summed E-state index contributed by atoms with van der Waals surface area (Å²) in [6, 6.07) is 14.7. The number of thiocarbonyl (C=S) groups is 1. The molecule has 5 nitrogen and oxygen atoms in total. The lowest BCUT2D eigenvalue weighted by molar-refractivity contribution is -0.118. The molecular weight excluding hydrogens is 368 g/mol. The molecule has 0 aliphatic carbocycles. The first-order chi connectivity index (χ1) is 12.5. The Balaban J connectivity index is 1.55. The summed E-state index contributed by atoms with van der Waals surface area (Å²) in [5.74, 6) is 0.164. The van der Waals surface area contributed by atoms with Crippen LogP contribution in [0.4, 0.5) is 5.69 Å². The van der Waals surface area contributed by atoms with Crippen LogP contribution in [0.1, 0.15) is 11.1 Å². The highest BCUT2D eigenvalue weighted by Gasteiger charge is 2.21. The third kappa shape index (κ3) is 4.71. The van der Waals surface area contributed by atoms with Crippen molar-refractivity contribution in [2.45, 2.75) is 6.92 Å². The van der Waals surface area contributed by atoms with Crippen molar-refractivity contribution in [1.29, 1.82) is 0 Å². The molecule has 1 aliphatic heterocycles. The van der Waals surface area contributed by atoms with E-state index in [0.29, 0.717) is 15.0 Å². The van der Waals surface area contributed by atoms with Crippen molar-refractivity contribution in [3.05, 3.63) is 64.6 Å². The molecule has 1 aliphatic rings. The van der Waals surface area contributed by atoms with Gasteiger partial charge in [-0.15, -0.1) is 0 Å². The van der Waals surface area contributed by atoms with Gasteiger partial charge in [-0.2, -0.15) is 0 Å². The molecule has 3 rings (SSSR count). The van der Waals surface area contributed by atoms with Gasteiger partial charge in [0, 0.05) is 5.69 Å². The number of anilines is 1. The molecule has 2 aromatic carbocycles. The van der Waals surface area contributed by atoms with Gasteiger partial charge >= 0.3 is 0 Å². The fraction of sp³-hybridized carbons (Fsp3) is 0.105. The van der Waals surface area contributed by atoms with E-state index in [1.54, 1.807) is 18.2 Å². The molecule has 7 heteroatoms. The van der Waals surface area contributed by atoms with Gasteiger partial charge in [0.05, 0.1) is 4.91 Å². The standard InChI is InChI=1S/C19H16N2O3S2/c1-12-4-2-3-5-15(12)20-17(22)11-24-14-8-6-13(7-9-14)10-16-18(23)21-19(25)26-16/h2-10H,11H2,1H3,(H,20,22)(H,21,23,25)/b16-10+. The fourth-order valence-corrected chi connectivity index (χ4v) is 3.33. The van der Waals surface area contributed by atoms with Crippen LogP contribution in [-0.2, 0) is 9.59 Å². The minimum absolute atomic E-state index is 0.0820. The third-order valence-corrected chi connectivity index (χ3v) is 4.77. The predicted molar refractivity (Wildman–Crippen MR) is 108 cm³/mol. The second-order valence-electron chi connectivity index (χ2n) is 5.57. The zero-order chi connectivity index (χ0) is 18.5. The summed E-state index contributed by atoms with van der Waals surface area (Å²) >= 11 is 6.19. The molecule has 0 radical (unpaired) electrons. The van der Waals surface area contributed by atoms with Gasteiger partial charge in [-0.3, -0.25) is 9.59 Å². The molecule has 1 saturated heterocycles. The van der Waals surface area contributed by atoms with Crippen molar-refractivity contribution in [3.8, 4) is 5.75 Å². The maximum absolute atomic E-state index is 12.0. The van der Waals surface area contributed by atoms with Crippen molar-refractivity contribution in [2.24, 2.45) is 0 Å². The van der Waals surface area contributed by atoms with Crippen molar-refractivity contribution >= 4 is 51.9 Å². The van der Waals surface area contributed by atoms with Crippen LogP contribution < -0.4 is 15.4 Å². The smallest absolute Gasteiger partial charge is 0.263 e. The number of para-hydroxylation sites is 1. The van der Waals surface area contributed by atoms with E-state index in [9.17, 15) is 9.59 Å². The van der Waals surface area contributed by atoms with Gasteiger partial charge < -0.3 is 15.4 Å². The summed E-state index contributed by atoms with van der Waals surface area (Å²) in [6.07, 6.45) is 1.76. The minimum Gasteiger partial charge on any atom is -0.484 e. The molecule has 0 bridgehead atoms. The Kier molecular flexibility index (Phi) is 5.70. The molecule has 2 amide bonds. The van der Waals surface area contributed by atoms with Crippen LogP contribution in [-0.4, -0.2) is 22.7 Å². The largest absolute Gasteiger partial charge is 0.484 e. The molecule has 0 unspecified atom stereocenters. The second-order valence-corrected chi connectivity index (χ2v) is 7.29. The van der Waals surface area contributed by atoms with Crippen LogP contribution in [0.15, 0.2) is 53.4 Å². The van der Waals surface area contributed by atoms with E-state index in [1.165, 1.54) is 11.8 Å². The lowest BCUT2D eigenvalue weighted by Gasteiger charge is -2.09. The van der Waals surface area contributed by atoms with Gasteiger partial charge in [-0.25, -0.2) is 0 Å². The van der Waals surface area contributed by atoms with Crippen molar-refractivity contribution < 1.29 is 14.3 Å². The van der Waals surface area contributed by atoms with Crippen LogP contribution in [0.3, 0.4) is 0 Å². The summed E-state index contributed by atoms with van der Waals surface area (Å²) in [6.45, 7) is 1.85. The average molecular weight is 384 g/mol. The Bertz CT molecular complexity index is 892. The van der Waals surface area contributed by atoms with Crippen LogP contribution in [0.5, 0.6) is 5.75 Å². The average Bonchev–Trinajstić information content (AvgIpc) is 2.93. The topological polar surface area (TPSA) is 67.4 Å². The van der Waals surface area contributed by atoms with Gasteiger partial charge in [-0.05, 0) is 42.3 Å². The molecule has 2 N–H and O–H groups in total. The normalized spacial score (nSPS) is 15.0. The van der Waals surface area contributed by atoms with E-state index in [2.05, 4.69) is 10.6 Å². The fourth-order valence-electron chi connectivity index (χ4n) is 2.28. The number of hydrogen-bond acceptors (Lipinski definition) is 5. The quantitative estimate of drug-likeness (QED) is 0.610. The van der Waals surface area contributed by atoms with E-state index < -0.39 is 0 Å².